The molecule has 6 nitrogen and oxygen atoms in total. The first-order chi connectivity index (χ1) is 9.11. The Bertz CT molecular complexity index is 534. The molecule has 0 spiro atoms. The van der Waals surface area contributed by atoms with E-state index in [4.69, 9.17) is 14.2 Å². The minimum Gasteiger partial charge on any atom is -0.466 e. The molecule has 0 amide bonds. The van der Waals surface area contributed by atoms with E-state index in [1.807, 2.05) is 0 Å². The molecule has 0 radical (unpaired) electrons. The number of hydrogen-bond acceptors (Lipinski definition) is 6. The van der Waals surface area contributed by atoms with E-state index in [9.17, 15) is 9.59 Å². The minimum atomic E-state index is -0.613. The summed E-state index contributed by atoms with van der Waals surface area (Å²) in [5.41, 5.74) is 0.374. The Kier molecular flexibility index (Phi) is 3.70. The molecule has 0 saturated carbocycles. The summed E-state index contributed by atoms with van der Waals surface area (Å²) in [7, 11) is 1.23. The Morgan fingerprint density at radius 2 is 2.05 bits per heavy atom. The number of carbonyl (C=O) groups excluding carboxylic acids is 2. The zero-order valence-electron chi connectivity index (χ0n) is 10.3. The van der Waals surface area contributed by atoms with Crippen molar-refractivity contribution in [3.05, 3.63) is 35.9 Å². The molecule has 1 aromatic carbocycles. The second kappa shape index (κ2) is 5.43. The highest BCUT2D eigenvalue weighted by atomic mass is 16.7. The van der Waals surface area contributed by atoms with E-state index in [0.717, 1.165) is 0 Å². The molecule has 0 bridgehead atoms. The standard InChI is InChI=1S/C13H12O6/c1-8(12(14)16-2)6-17-13(15)9-3-4-10-11(5-9)19-7-18-10/h3-5H,1,6-7H2,2H3. The van der Waals surface area contributed by atoms with Crippen molar-refractivity contribution in [1.29, 1.82) is 0 Å². The third-order valence-electron chi connectivity index (χ3n) is 2.46. The van der Waals surface area contributed by atoms with Gasteiger partial charge < -0.3 is 18.9 Å². The van der Waals surface area contributed by atoms with Crippen molar-refractivity contribution >= 4 is 11.9 Å². The largest absolute Gasteiger partial charge is 0.466 e. The number of esters is 2. The van der Waals surface area contributed by atoms with Crippen molar-refractivity contribution in [3.8, 4) is 11.5 Å². The van der Waals surface area contributed by atoms with E-state index in [-0.39, 0.29) is 19.0 Å². The molecule has 19 heavy (non-hydrogen) atoms. The van der Waals surface area contributed by atoms with E-state index in [2.05, 4.69) is 11.3 Å². The van der Waals surface area contributed by atoms with Crippen LogP contribution in [0.15, 0.2) is 30.4 Å². The van der Waals surface area contributed by atoms with Crippen LogP contribution in [0, 0.1) is 0 Å². The van der Waals surface area contributed by atoms with Crippen molar-refractivity contribution in [2.75, 3.05) is 20.5 Å². The van der Waals surface area contributed by atoms with Gasteiger partial charge in [-0.2, -0.15) is 0 Å². The number of carbonyl (C=O) groups is 2. The highest BCUT2D eigenvalue weighted by molar-refractivity contribution is 5.92. The fraction of sp³-hybridized carbons (Fsp3) is 0.231. The fourth-order valence-corrected chi connectivity index (χ4v) is 1.46. The van der Waals surface area contributed by atoms with Gasteiger partial charge in [-0.25, -0.2) is 9.59 Å². The van der Waals surface area contributed by atoms with Gasteiger partial charge in [0.25, 0.3) is 0 Å². The molecular formula is C13H12O6. The van der Waals surface area contributed by atoms with Gasteiger partial charge in [-0.1, -0.05) is 6.58 Å². The first-order valence-corrected chi connectivity index (χ1v) is 5.44. The number of ether oxygens (including phenoxy) is 4. The number of benzene rings is 1. The van der Waals surface area contributed by atoms with Crippen LogP contribution in [0.25, 0.3) is 0 Å². The lowest BCUT2D eigenvalue weighted by Crippen LogP contribution is -2.13. The first-order valence-electron chi connectivity index (χ1n) is 5.44. The van der Waals surface area contributed by atoms with Gasteiger partial charge in [0.15, 0.2) is 11.5 Å². The molecule has 0 unspecified atom stereocenters. The Morgan fingerprint density at radius 1 is 1.32 bits per heavy atom. The van der Waals surface area contributed by atoms with Crippen molar-refractivity contribution in [3.63, 3.8) is 0 Å². The third-order valence-corrected chi connectivity index (χ3v) is 2.46. The van der Waals surface area contributed by atoms with E-state index in [0.29, 0.717) is 17.1 Å². The molecule has 0 atom stereocenters. The molecule has 1 aliphatic rings. The van der Waals surface area contributed by atoms with Crippen LogP contribution in [0.2, 0.25) is 0 Å². The maximum Gasteiger partial charge on any atom is 0.338 e. The van der Waals surface area contributed by atoms with Crippen LogP contribution in [-0.2, 0) is 14.3 Å². The second-order valence-corrected chi connectivity index (χ2v) is 3.74. The molecular weight excluding hydrogens is 252 g/mol. The van der Waals surface area contributed by atoms with Gasteiger partial charge in [0.05, 0.1) is 18.2 Å². The Balaban J connectivity index is 1.97. The molecule has 0 aliphatic carbocycles. The van der Waals surface area contributed by atoms with E-state index in [1.54, 1.807) is 12.1 Å². The van der Waals surface area contributed by atoms with Gasteiger partial charge in [-0.3, -0.25) is 0 Å². The van der Waals surface area contributed by atoms with Crippen LogP contribution in [-0.4, -0.2) is 32.4 Å². The summed E-state index contributed by atoms with van der Waals surface area (Å²) in [6.45, 7) is 3.36. The molecule has 1 heterocycles. The highest BCUT2D eigenvalue weighted by Gasteiger charge is 2.17. The zero-order chi connectivity index (χ0) is 13.8. The van der Waals surface area contributed by atoms with Gasteiger partial charge in [0.1, 0.15) is 6.61 Å². The van der Waals surface area contributed by atoms with Crippen molar-refractivity contribution in [1.82, 2.24) is 0 Å². The summed E-state index contributed by atoms with van der Waals surface area (Å²) in [6.07, 6.45) is 0. The maximum absolute atomic E-state index is 11.7. The smallest absolute Gasteiger partial charge is 0.338 e. The van der Waals surface area contributed by atoms with E-state index >= 15 is 0 Å². The number of rotatable bonds is 4. The van der Waals surface area contributed by atoms with Crippen LogP contribution in [0.1, 0.15) is 10.4 Å². The fourth-order valence-electron chi connectivity index (χ4n) is 1.46. The summed E-state index contributed by atoms with van der Waals surface area (Å²) in [4.78, 5) is 22.8. The summed E-state index contributed by atoms with van der Waals surface area (Å²) < 4.78 is 19.7. The Labute approximate surface area is 109 Å². The minimum absolute atomic E-state index is 0.0663. The summed E-state index contributed by atoms with van der Waals surface area (Å²) >= 11 is 0. The lowest BCUT2D eigenvalue weighted by atomic mass is 10.2. The highest BCUT2D eigenvalue weighted by Crippen LogP contribution is 2.32. The van der Waals surface area contributed by atoms with Crippen molar-refractivity contribution in [2.24, 2.45) is 0 Å². The molecule has 0 N–H and O–H groups in total. The summed E-state index contributed by atoms with van der Waals surface area (Å²) in [5.74, 6) is -0.126. The summed E-state index contributed by atoms with van der Waals surface area (Å²) in [5, 5.41) is 0. The van der Waals surface area contributed by atoms with Gasteiger partial charge >= 0.3 is 11.9 Å². The second-order valence-electron chi connectivity index (χ2n) is 3.74. The summed E-state index contributed by atoms with van der Waals surface area (Å²) in [6, 6.07) is 4.69. The zero-order valence-corrected chi connectivity index (χ0v) is 10.3. The van der Waals surface area contributed by atoms with Crippen LogP contribution in [0.3, 0.4) is 0 Å². The molecule has 2 rings (SSSR count). The van der Waals surface area contributed by atoms with Crippen LogP contribution < -0.4 is 9.47 Å². The predicted octanol–water partition coefficient (Wildman–Crippen LogP) is 1.30. The maximum atomic E-state index is 11.7. The van der Waals surface area contributed by atoms with Gasteiger partial charge in [-0.05, 0) is 18.2 Å². The topological polar surface area (TPSA) is 71.1 Å². The van der Waals surface area contributed by atoms with Crippen molar-refractivity contribution < 1.29 is 28.5 Å². The molecule has 1 aromatic rings. The number of fused-ring (bicyclic) bond motifs is 1. The lowest BCUT2D eigenvalue weighted by Gasteiger charge is -2.06. The number of hydrogen-bond donors (Lipinski definition) is 0. The average Bonchev–Trinajstić information content (AvgIpc) is 2.90. The molecule has 6 heteroatoms. The van der Waals surface area contributed by atoms with Gasteiger partial charge in [0, 0.05) is 0 Å². The van der Waals surface area contributed by atoms with Crippen LogP contribution in [0.5, 0.6) is 11.5 Å². The molecule has 0 saturated heterocycles. The monoisotopic (exact) mass is 264 g/mol. The van der Waals surface area contributed by atoms with Crippen LogP contribution in [0.4, 0.5) is 0 Å². The first kappa shape index (κ1) is 12.9. The van der Waals surface area contributed by atoms with Crippen LogP contribution >= 0.6 is 0 Å². The third kappa shape index (κ3) is 2.85. The van der Waals surface area contributed by atoms with E-state index in [1.165, 1.54) is 13.2 Å². The molecule has 0 aromatic heterocycles. The predicted molar refractivity (Wildman–Crippen MR) is 64.0 cm³/mol. The number of methoxy groups -OCH3 is 1. The lowest BCUT2D eigenvalue weighted by molar-refractivity contribution is -0.136. The molecule has 0 fully saturated rings. The quantitative estimate of drug-likeness (QED) is 0.603. The van der Waals surface area contributed by atoms with Gasteiger partial charge in [0.2, 0.25) is 6.79 Å². The van der Waals surface area contributed by atoms with Crippen molar-refractivity contribution in [2.45, 2.75) is 0 Å². The van der Waals surface area contributed by atoms with E-state index < -0.39 is 11.9 Å². The Hall–Kier alpha value is -2.50. The molecule has 100 valence electrons. The average molecular weight is 264 g/mol. The SMILES string of the molecule is C=C(COC(=O)c1ccc2c(c1)OCO2)C(=O)OC. The Morgan fingerprint density at radius 3 is 2.79 bits per heavy atom. The normalized spacial score (nSPS) is 11.8. The molecule has 1 aliphatic heterocycles. The van der Waals surface area contributed by atoms with Gasteiger partial charge in [-0.15, -0.1) is 0 Å².